The second-order valence-electron chi connectivity index (χ2n) is 3.87. The van der Waals surface area contributed by atoms with Gasteiger partial charge in [0.25, 0.3) is 5.78 Å². The first kappa shape index (κ1) is 11.3. The third-order valence-electron chi connectivity index (χ3n) is 2.34. The highest BCUT2D eigenvalue weighted by atomic mass is 16.1. The number of fused-ring (bicyclic) bond motifs is 1. The van der Waals surface area contributed by atoms with Gasteiger partial charge in [-0.1, -0.05) is 0 Å². The normalized spacial score (nSPS) is 11.2. The molecule has 88 valence electrons. The summed E-state index contributed by atoms with van der Waals surface area (Å²) >= 11 is 0. The highest BCUT2D eigenvalue weighted by molar-refractivity contribution is 6.05. The molecule has 17 heavy (non-hydrogen) atoms. The monoisotopic (exact) mass is 231 g/mol. The van der Waals surface area contributed by atoms with Crippen molar-refractivity contribution in [2.75, 3.05) is 14.1 Å². The van der Waals surface area contributed by atoms with Crippen molar-refractivity contribution < 1.29 is 4.79 Å². The molecule has 0 fully saturated rings. The van der Waals surface area contributed by atoms with Crippen molar-refractivity contribution in [2.24, 2.45) is 0 Å². The molecule has 0 aliphatic rings. The molecule has 0 N–H and O–H groups in total. The molecule has 6 nitrogen and oxygen atoms in total. The lowest BCUT2D eigenvalue weighted by atomic mass is 10.1. The van der Waals surface area contributed by atoms with Gasteiger partial charge in [-0.3, -0.25) is 4.79 Å². The van der Waals surface area contributed by atoms with Crippen LogP contribution < -0.4 is 0 Å². The summed E-state index contributed by atoms with van der Waals surface area (Å²) in [5.41, 5.74) is 1.27. The van der Waals surface area contributed by atoms with Crippen LogP contribution in [0.2, 0.25) is 0 Å². The number of hydrogen-bond acceptors (Lipinski definition) is 5. The zero-order chi connectivity index (χ0) is 12.4. The number of carbonyl (C=O) groups is 1. The molecule has 0 aliphatic carbocycles. The lowest BCUT2D eigenvalue weighted by Gasteiger charge is -2.05. The van der Waals surface area contributed by atoms with Gasteiger partial charge in [0.1, 0.15) is 6.33 Å². The van der Waals surface area contributed by atoms with Crippen LogP contribution in [0, 0.1) is 6.92 Å². The van der Waals surface area contributed by atoms with Crippen molar-refractivity contribution in [2.45, 2.75) is 6.92 Å². The SMILES string of the molecule is Cc1c(C(=O)C=CN(C)C)cnc2ncnn12. The molecule has 0 amide bonds. The summed E-state index contributed by atoms with van der Waals surface area (Å²) < 4.78 is 1.55. The highest BCUT2D eigenvalue weighted by Crippen LogP contribution is 2.08. The molecule has 0 saturated carbocycles. The van der Waals surface area contributed by atoms with E-state index in [0.717, 1.165) is 5.69 Å². The van der Waals surface area contributed by atoms with E-state index in [9.17, 15) is 4.79 Å². The lowest BCUT2D eigenvalue weighted by molar-refractivity contribution is 0.104. The Morgan fingerprint density at radius 3 is 2.88 bits per heavy atom. The van der Waals surface area contributed by atoms with Crippen LogP contribution in [0.4, 0.5) is 0 Å². The summed E-state index contributed by atoms with van der Waals surface area (Å²) in [4.78, 5) is 21.7. The van der Waals surface area contributed by atoms with Crippen molar-refractivity contribution in [3.05, 3.63) is 36.1 Å². The first-order chi connectivity index (χ1) is 8.09. The van der Waals surface area contributed by atoms with E-state index in [1.165, 1.54) is 18.6 Å². The second kappa shape index (κ2) is 4.32. The number of nitrogens with zero attached hydrogens (tertiary/aromatic N) is 5. The van der Waals surface area contributed by atoms with E-state index < -0.39 is 0 Å². The Kier molecular flexibility index (Phi) is 2.86. The number of carbonyl (C=O) groups excluding carboxylic acids is 1. The molecule has 2 aromatic heterocycles. The molecule has 0 spiro atoms. The van der Waals surface area contributed by atoms with Crippen molar-refractivity contribution in [1.82, 2.24) is 24.5 Å². The van der Waals surface area contributed by atoms with Gasteiger partial charge in [-0.2, -0.15) is 10.1 Å². The number of aryl methyl sites for hydroxylation is 1. The van der Waals surface area contributed by atoms with Crippen LogP contribution in [0.3, 0.4) is 0 Å². The molecule has 0 aliphatic heterocycles. The Morgan fingerprint density at radius 2 is 2.18 bits per heavy atom. The minimum Gasteiger partial charge on any atom is -0.383 e. The predicted molar refractivity (Wildman–Crippen MR) is 62.7 cm³/mol. The van der Waals surface area contributed by atoms with Crippen LogP contribution in [0.15, 0.2) is 24.8 Å². The summed E-state index contributed by atoms with van der Waals surface area (Å²) in [5, 5.41) is 4.01. The zero-order valence-electron chi connectivity index (χ0n) is 9.95. The summed E-state index contributed by atoms with van der Waals surface area (Å²) in [7, 11) is 3.71. The van der Waals surface area contributed by atoms with Gasteiger partial charge in [0.2, 0.25) is 0 Å². The fourth-order valence-corrected chi connectivity index (χ4v) is 1.44. The standard InChI is InChI=1S/C11H13N5O/c1-8-9(10(17)4-5-15(2)3)6-12-11-13-7-14-16(8)11/h4-7H,1-3H3. The van der Waals surface area contributed by atoms with Crippen LogP contribution in [0.5, 0.6) is 0 Å². The van der Waals surface area contributed by atoms with Gasteiger partial charge < -0.3 is 4.90 Å². The molecule has 2 aromatic rings. The topological polar surface area (TPSA) is 63.4 Å². The molecule has 0 bridgehead atoms. The summed E-state index contributed by atoms with van der Waals surface area (Å²) in [6.45, 7) is 1.82. The Morgan fingerprint density at radius 1 is 1.41 bits per heavy atom. The smallest absolute Gasteiger partial charge is 0.252 e. The maximum atomic E-state index is 11.9. The molecule has 2 rings (SSSR count). The number of hydrogen-bond donors (Lipinski definition) is 0. The molecule has 6 heteroatoms. The van der Waals surface area contributed by atoms with E-state index in [4.69, 9.17) is 0 Å². The first-order valence-electron chi connectivity index (χ1n) is 5.14. The van der Waals surface area contributed by atoms with Crippen molar-refractivity contribution in [3.63, 3.8) is 0 Å². The van der Waals surface area contributed by atoms with Crippen molar-refractivity contribution in [3.8, 4) is 0 Å². The first-order valence-corrected chi connectivity index (χ1v) is 5.14. The van der Waals surface area contributed by atoms with Crippen LogP contribution in [-0.4, -0.2) is 44.4 Å². The van der Waals surface area contributed by atoms with E-state index >= 15 is 0 Å². The van der Waals surface area contributed by atoms with Crippen LogP contribution in [0.25, 0.3) is 5.78 Å². The van der Waals surface area contributed by atoms with Gasteiger partial charge >= 0.3 is 0 Å². The second-order valence-corrected chi connectivity index (χ2v) is 3.87. The van der Waals surface area contributed by atoms with Gasteiger partial charge in [0, 0.05) is 32.6 Å². The zero-order valence-corrected chi connectivity index (χ0v) is 9.95. The van der Waals surface area contributed by atoms with Gasteiger partial charge in [0.15, 0.2) is 5.78 Å². The molecule has 0 unspecified atom stereocenters. The molecule has 0 saturated heterocycles. The van der Waals surface area contributed by atoms with Crippen LogP contribution >= 0.6 is 0 Å². The maximum Gasteiger partial charge on any atom is 0.252 e. The van der Waals surface area contributed by atoms with E-state index in [1.54, 1.807) is 15.6 Å². The largest absolute Gasteiger partial charge is 0.383 e. The molecule has 0 atom stereocenters. The van der Waals surface area contributed by atoms with E-state index in [0.29, 0.717) is 11.3 Å². The minimum atomic E-state index is -0.0962. The summed E-state index contributed by atoms with van der Waals surface area (Å²) in [6, 6.07) is 0. The van der Waals surface area contributed by atoms with Crippen molar-refractivity contribution in [1.29, 1.82) is 0 Å². The van der Waals surface area contributed by atoms with Gasteiger partial charge in [-0.15, -0.1) is 0 Å². The third-order valence-corrected chi connectivity index (χ3v) is 2.34. The van der Waals surface area contributed by atoms with Crippen LogP contribution in [-0.2, 0) is 0 Å². The summed E-state index contributed by atoms with van der Waals surface area (Å²) in [5.74, 6) is 0.400. The van der Waals surface area contributed by atoms with Gasteiger partial charge in [0.05, 0.1) is 11.3 Å². The van der Waals surface area contributed by atoms with E-state index in [1.807, 2.05) is 21.0 Å². The fraction of sp³-hybridized carbons (Fsp3) is 0.273. The van der Waals surface area contributed by atoms with Gasteiger partial charge in [-0.25, -0.2) is 9.50 Å². The minimum absolute atomic E-state index is 0.0962. The Bertz CT molecular complexity index is 585. The Labute approximate surface area is 98.6 Å². The quantitative estimate of drug-likeness (QED) is 0.574. The lowest BCUT2D eigenvalue weighted by Crippen LogP contribution is -2.08. The van der Waals surface area contributed by atoms with E-state index in [-0.39, 0.29) is 5.78 Å². The van der Waals surface area contributed by atoms with Gasteiger partial charge in [-0.05, 0) is 6.92 Å². The Balaban J connectivity index is 2.42. The molecule has 0 radical (unpaired) electrons. The molecular weight excluding hydrogens is 218 g/mol. The summed E-state index contributed by atoms with van der Waals surface area (Å²) in [6.07, 6.45) is 6.15. The number of allylic oxidation sites excluding steroid dienone is 1. The van der Waals surface area contributed by atoms with E-state index in [2.05, 4.69) is 15.1 Å². The highest BCUT2D eigenvalue weighted by Gasteiger charge is 2.11. The average Bonchev–Trinajstić information content (AvgIpc) is 2.75. The van der Waals surface area contributed by atoms with Crippen LogP contribution in [0.1, 0.15) is 16.1 Å². The number of ketones is 1. The average molecular weight is 231 g/mol. The predicted octanol–water partition coefficient (Wildman–Crippen LogP) is 0.691. The third kappa shape index (κ3) is 2.15. The maximum absolute atomic E-state index is 11.9. The molecule has 0 aromatic carbocycles. The molecule has 2 heterocycles. The molecular formula is C11H13N5O. The van der Waals surface area contributed by atoms with Crippen molar-refractivity contribution >= 4 is 11.6 Å². The number of aromatic nitrogens is 4. The fourth-order valence-electron chi connectivity index (χ4n) is 1.44. The number of rotatable bonds is 3. The Hall–Kier alpha value is -2.24.